The van der Waals surface area contributed by atoms with Gasteiger partial charge in [0.2, 0.25) is 11.8 Å². The molecular formula is C20H19ClFN3O3. The first-order valence-electron chi connectivity index (χ1n) is 8.75. The molecule has 1 heterocycles. The van der Waals surface area contributed by atoms with E-state index < -0.39 is 29.6 Å². The lowest BCUT2D eigenvalue weighted by Crippen LogP contribution is -2.58. The molecule has 0 unspecified atom stereocenters. The van der Waals surface area contributed by atoms with Gasteiger partial charge in [0.15, 0.2) is 0 Å². The molecule has 3 rings (SSSR count). The van der Waals surface area contributed by atoms with E-state index in [1.165, 1.54) is 29.2 Å². The molecule has 146 valence electrons. The molecule has 1 fully saturated rings. The zero-order chi connectivity index (χ0) is 20.3. The number of benzene rings is 2. The summed E-state index contributed by atoms with van der Waals surface area (Å²) in [5.41, 5.74) is 1.63. The summed E-state index contributed by atoms with van der Waals surface area (Å²) in [4.78, 5) is 39.0. The Morgan fingerprint density at radius 3 is 2.68 bits per heavy atom. The maximum atomic E-state index is 13.1. The molecule has 1 aliphatic heterocycles. The summed E-state index contributed by atoms with van der Waals surface area (Å²) in [6, 6.07) is 9.23. The van der Waals surface area contributed by atoms with Crippen molar-refractivity contribution in [3.8, 4) is 0 Å². The highest BCUT2D eigenvalue weighted by Crippen LogP contribution is 2.21. The van der Waals surface area contributed by atoms with E-state index in [0.717, 1.165) is 5.56 Å². The molecule has 1 saturated heterocycles. The van der Waals surface area contributed by atoms with Crippen LogP contribution in [-0.4, -0.2) is 41.8 Å². The van der Waals surface area contributed by atoms with Gasteiger partial charge in [-0.15, -0.1) is 0 Å². The van der Waals surface area contributed by atoms with Crippen molar-refractivity contribution < 1.29 is 18.8 Å². The van der Waals surface area contributed by atoms with Crippen LogP contribution < -0.4 is 10.6 Å². The minimum absolute atomic E-state index is 0.204. The molecule has 0 radical (unpaired) electrons. The zero-order valence-corrected chi connectivity index (χ0v) is 15.9. The highest BCUT2D eigenvalue weighted by molar-refractivity contribution is 6.31. The van der Waals surface area contributed by atoms with E-state index in [1.807, 2.05) is 6.92 Å². The van der Waals surface area contributed by atoms with Crippen molar-refractivity contribution in [1.82, 2.24) is 10.2 Å². The molecule has 1 aliphatic rings. The normalized spacial score (nSPS) is 16.5. The number of carbonyl (C=O) groups excluding carboxylic acids is 3. The topological polar surface area (TPSA) is 78.5 Å². The number of hydrogen-bond acceptors (Lipinski definition) is 3. The Labute approximate surface area is 166 Å². The van der Waals surface area contributed by atoms with Crippen molar-refractivity contribution >= 4 is 35.0 Å². The lowest BCUT2D eigenvalue weighted by molar-refractivity contribution is -0.131. The highest BCUT2D eigenvalue weighted by Gasteiger charge is 2.35. The summed E-state index contributed by atoms with van der Waals surface area (Å²) >= 11 is 5.96. The van der Waals surface area contributed by atoms with Crippen LogP contribution in [0, 0.1) is 12.7 Å². The second-order valence-corrected chi connectivity index (χ2v) is 6.96. The number of aryl methyl sites for hydroxylation is 1. The van der Waals surface area contributed by atoms with Crippen molar-refractivity contribution in [3.05, 3.63) is 64.4 Å². The number of carbonyl (C=O) groups is 3. The third kappa shape index (κ3) is 4.48. The molecular weight excluding hydrogens is 385 g/mol. The lowest BCUT2D eigenvalue weighted by atomic mass is 10.1. The van der Waals surface area contributed by atoms with Gasteiger partial charge in [0, 0.05) is 29.4 Å². The van der Waals surface area contributed by atoms with E-state index in [4.69, 9.17) is 11.6 Å². The number of piperazine rings is 1. The van der Waals surface area contributed by atoms with Crippen molar-refractivity contribution in [2.75, 3.05) is 18.4 Å². The predicted molar refractivity (Wildman–Crippen MR) is 104 cm³/mol. The van der Waals surface area contributed by atoms with E-state index in [-0.39, 0.29) is 25.1 Å². The monoisotopic (exact) mass is 403 g/mol. The van der Waals surface area contributed by atoms with Crippen LogP contribution in [0.4, 0.5) is 10.1 Å². The molecule has 3 amide bonds. The predicted octanol–water partition coefficient (Wildman–Crippen LogP) is 2.76. The maximum absolute atomic E-state index is 13.1. The van der Waals surface area contributed by atoms with Gasteiger partial charge in [-0.05, 0) is 48.9 Å². The Kier molecular flexibility index (Phi) is 5.94. The minimum atomic E-state index is -0.953. The van der Waals surface area contributed by atoms with Gasteiger partial charge in [-0.1, -0.05) is 17.7 Å². The molecule has 8 heteroatoms. The third-order valence-electron chi connectivity index (χ3n) is 4.54. The first kappa shape index (κ1) is 19.8. The first-order valence-corrected chi connectivity index (χ1v) is 9.13. The quantitative estimate of drug-likeness (QED) is 0.824. The number of halogens is 2. The second-order valence-electron chi connectivity index (χ2n) is 6.52. The highest BCUT2D eigenvalue weighted by atomic mass is 35.5. The molecule has 2 aromatic carbocycles. The fourth-order valence-electron chi connectivity index (χ4n) is 3.02. The lowest BCUT2D eigenvalue weighted by Gasteiger charge is -2.34. The Bertz CT molecular complexity index is 917. The molecule has 0 spiro atoms. The molecule has 0 saturated carbocycles. The number of rotatable bonds is 4. The van der Waals surface area contributed by atoms with Gasteiger partial charge in [-0.25, -0.2) is 4.39 Å². The van der Waals surface area contributed by atoms with Gasteiger partial charge in [-0.2, -0.15) is 0 Å². The maximum Gasteiger partial charge on any atom is 0.254 e. The third-order valence-corrected chi connectivity index (χ3v) is 4.77. The van der Waals surface area contributed by atoms with Crippen LogP contribution in [-0.2, 0) is 9.59 Å². The van der Waals surface area contributed by atoms with E-state index in [9.17, 15) is 18.8 Å². The second kappa shape index (κ2) is 8.39. The zero-order valence-electron chi connectivity index (χ0n) is 15.2. The van der Waals surface area contributed by atoms with Crippen LogP contribution in [0.15, 0.2) is 42.5 Å². The van der Waals surface area contributed by atoms with Crippen LogP contribution in [0.3, 0.4) is 0 Å². The van der Waals surface area contributed by atoms with E-state index in [2.05, 4.69) is 10.6 Å². The molecule has 2 aromatic rings. The molecule has 28 heavy (non-hydrogen) atoms. The summed E-state index contributed by atoms with van der Waals surface area (Å²) in [6.07, 6.45) is -0.204. The number of anilines is 1. The molecule has 0 aliphatic carbocycles. The number of nitrogens with one attached hydrogen (secondary N) is 2. The average molecular weight is 404 g/mol. The SMILES string of the molecule is Cc1ccc(Cl)cc1NC(=O)C[C@@H]1C(=O)NCCN1C(=O)c1ccc(F)cc1. The van der Waals surface area contributed by atoms with Crippen LogP contribution in [0.1, 0.15) is 22.3 Å². The fourth-order valence-corrected chi connectivity index (χ4v) is 3.20. The molecule has 6 nitrogen and oxygen atoms in total. The van der Waals surface area contributed by atoms with Crippen LogP contribution in [0.2, 0.25) is 5.02 Å². The summed E-state index contributed by atoms with van der Waals surface area (Å²) < 4.78 is 13.1. The molecule has 0 aromatic heterocycles. The van der Waals surface area contributed by atoms with Gasteiger partial charge >= 0.3 is 0 Å². The van der Waals surface area contributed by atoms with Crippen molar-refractivity contribution in [2.45, 2.75) is 19.4 Å². The van der Waals surface area contributed by atoms with Crippen molar-refractivity contribution in [3.63, 3.8) is 0 Å². The summed E-state index contributed by atoms with van der Waals surface area (Å²) in [5.74, 6) is -1.70. The van der Waals surface area contributed by atoms with E-state index in [0.29, 0.717) is 10.7 Å². The Hall–Kier alpha value is -2.93. The number of hydrogen-bond donors (Lipinski definition) is 2. The number of nitrogens with zero attached hydrogens (tertiary/aromatic N) is 1. The van der Waals surface area contributed by atoms with E-state index >= 15 is 0 Å². The van der Waals surface area contributed by atoms with Crippen molar-refractivity contribution in [1.29, 1.82) is 0 Å². The summed E-state index contributed by atoms with van der Waals surface area (Å²) in [6.45, 7) is 2.37. The smallest absolute Gasteiger partial charge is 0.254 e. The van der Waals surface area contributed by atoms with Crippen molar-refractivity contribution in [2.24, 2.45) is 0 Å². The summed E-state index contributed by atoms with van der Waals surface area (Å²) in [5, 5.41) is 5.88. The van der Waals surface area contributed by atoms with Gasteiger partial charge in [0.25, 0.3) is 5.91 Å². The van der Waals surface area contributed by atoms with Crippen LogP contribution in [0.5, 0.6) is 0 Å². The fraction of sp³-hybridized carbons (Fsp3) is 0.250. The Morgan fingerprint density at radius 1 is 1.25 bits per heavy atom. The van der Waals surface area contributed by atoms with Gasteiger partial charge in [-0.3, -0.25) is 14.4 Å². The summed E-state index contributed by atoms with van der Waals surface area (Å²) in [7, 11) is 0. The van der Waals surface area contributed by atoms with E-state index in [1.54, 1.807) is 18.2 Å². The molecule has 2 N–H and O–H groups in total. The van der Waals surface area contributed by atoms with Crippen LogP contribution in [0.25, 0.3) is 0 Å². The van der Waals surface area contributed by atoms with Gasteiger partial charge < -0.3 is 15.5 Å². The Morgan fingerprint density at radius 2 is 1.96 bits per heavy atom. The number of amides is 3. The molecule has 0 bridgehead atoms. The minimum Gasteiger partial charge on any atom is -0.353 e. The average Bonchev–Trinajstić information content (AvgIpc) is 2.66. The first-order chi connectivity index (χ1) is 13.3. The molecule has 1 atom stereocenters. The van der Waals surface area contributed by atoms with Gasteiger partial charge in [0.1, 0.15) is 11.9 Å². The van der Waals surface area contributed by atoms with Crippen LogP contribution >= 0.6 is 11.6 Å². The largest absolute Gasteiger partial charge is 0.353 e. The standard InChI is InChI=1S/C20H19ClFN3O3/c1-12-2-5-14(21)10-16(12)24-18(26)11-17-19(27)23-8-9-25(17)20(28)13-3-6-15(22)7-4-13/h2-7,10,17H,8-9,11H2,1H3,(H,23,27)(H,24,26)/t17-/m1/s1. The van der Waals surface area contributed by atoms with Gasteiger partial charge in [0.05, 0.1) is 6.42 Å². The Balaban J connectivity index is 1.76.